The summed E-state index contributed by atoms with van der Waals surface area (Å²) in [6.07, 6.45) is 3.33. The van der Waals surface area contributed by atoms with Crippen LogP contribution in [0, 0.1) is 0 Å². The third-order valence-corrected chi connectivity index (χ3v) is 4.46. The molecule has 8 heteroatoms. The van der Waals surface area contributed by atoms with E-state index in [0.717, 1.165) is 0 Å². The molecule has 2 aromatic rings. The molecule has 0 atom stereocenters. The number of hydrogen-bond acceptors (Lipinski definition) is 5. The summed E-state index contributed by atoms with van der Waals surface area (Å²) in [6, 6.07) is 4.51. The van der Waals surface area contributed by atoms with E-state index in [9.17, 15) is 8.42 Å². The van der Waals surface area contributed by atoms with Crippen LogP contribution in [0.25, 0.3) is 0 Å². The van der Waals surface area contributed by atoms with E-state index >= 15 is 0 Å². The fourth-order valence-electron chi connectivity index (χ4n) is 1.83. The predicted octanol–water partition coefficient (Wildman–Crippen LogP) is 0.399. The van der Waals surface area contributed by atoms with Crippen LogP contribution in [0.3, 0.4) is 0 Å². The van der Waals surface area contributed by atoms with E-state index in [4.69, 9.17) is 9.84 Å². The molecule has 0 saturated carbocycles. The maximum absolute atomic E-state index is 12.4. The molecular formula is C13H17N3O4S. The highest BCUT2D eigenvalue weighted by molar-refractivity contribution is 7.89. The molecule has 0 saturated heterocycles. The number of rotatable bonds is 6. The highest BCUT2D eigenvalue weighted by Crippen LogP contribution is 2.25. The van der Waals surface area contributed by atoms with Crippen LogP contribution in [-0.2, 0) is 30.2 Å². The summed E-state index contributed by atoms with van der Waals surface area (Å²) >= 11 is 0. The Morgan fingerprint density at radius 3 is 2.76 bits per heavy atom. The Balaban J connectivity index is 2.28. The normalized spacial score (nSPS) is 11.6. The number of benzene rings is 1. The van der Waals surface area contributed by atoms with Crippen LogP contribution in [0.15, 0.2) is 35.5 Å². The fraction of sp³-hybridized carbons (Fsp3) is 0.308. The molecular weight excluding hydrogens is 294 g/mol. The molecule has 2 N–H and O–H groups in total. The third kappa shape index (κ3) is 3.41. The number of methoxy groups -OCH3 is 1. The van der Waals surface area contributed by atoms with Gasteiger partial charge in [0.1, 0.15) is 16.5 Å². The number of ether oxygens (including phenoxy) is 1. The summed E-state index contributed by atoms with van der Waals surface area (Å²) in [5, 5.41) is 9.14. The number of aliphatic hydroxyl groups is 1. The first kappa shape index (κ1) is 15.5. The lowest BCUT2D eigenvalue weighted by Crippen LogP contribution is -2.25. The van der Waals surface area contributed by atoms with Gasteiger partial charge in [0, 0.05) is 19.4 Å². The van der Waals surface area contributed by atoms with Gasteiger partial charge in [-0.2, -0.15) is 0 Å². The molecule has 2 rings (SSSR count). The van der Waals surface area contributed by atoms with Gasteiger partial charge in [0.25, 0.3) is 0 Å². The lowest BCUT2D eigenvalue weighted by molar-refractivity contribution is 0.281. The van der Waals surface area contributed by atoms with Gasteiger partial charge in [-0.1, -0.05) is 6.07 Å². The van der Waals surface area contributed by atoms with Gasteiger partial charge in [-0.15, -0.1) is 0 Å². The number of hydrogen-bond donors (Lipinski definition) is 2. The average Bonchev–Trinajstić information content (AvgIpc) is 2.90. The molecule has 1 aromatic heterocycles. The second-order valence-corrected chi connectivity index (χ2v) is 6.16. The highest BCUT2D eigenvalue weighted by Gasteiger charge is 2.20. The summed E-state index contributed by atoms with van der Waals surface area (Å²) in [6.45, 7) is -0.176. The highest BCUT2D eigenvalue weighted by atomic mass is 32.2. The number of sulfonamides is 1. The van der Waals surface area contributed by atoms with E-state index in [2.05, 4.69) is 9.71 Å². The van der Waals surface area contributed by atoms with Crippen molar-refractivity contribution in [1.82, 2.24) is 14.3 Å². The van der Waals surface area contributed by atoms with Gasteiger partial charge in [-0.25, -0.2) is 18.1 Å². The van der Waals surface area contributed by atoms with Gasteiger partial charge < -0.3 is 14.4 Å². The number of nitrogens with one attached hydrogen (secondary N) is 1. The van der Waals surface area contributed by atoms with Gasteiger partial charge in [0.2, 0.25) is 10.0 Å². The van der Waals surface area contributed by atoms with Crippen molar-refractivity contribution in [1.29, 1.82) is 0 Å². The number of aromatic nitrogens is 2. The van der Waals surface area contributed by atoms with Gasteiger partial charge in [-0.3, -0.25) is 0 Å². The summed E-state index contributed by atoms with van der Waals surface area (Å²) in [7, 11) is -0.592. The van der Waals surface area contributed by atoms with Crippen LogP contribution in [0.1, 0.15) is 11.4 Å². The zero-order valence-corrected chi connectivity index (χ0v) is 12.6. The van der Waals surface area contributed by atoms with Crippen molar-refractivity contribution in [3.05, 3.63) is 42.0 Å². The molecule has 0 bridgehead atoms. The first-order valence-electron chi connectivity index (χ1n) is 6.21. The van der Waals surface area contributed by atoms with Crippen LogP contribution < -0.4 is 9.46 Å². The molecule has 21 heavy (non-hydrogen) atoms. The van der Waals surface area contributed by atoms with Crippen molar-refractivity contribution >= 4 is 10.0 Å². The topological polar surface area (TPSA) is 93.4 Å². The minimum absolute atomic E-state index is 0.00856. The quantitative estimate of drug-likeness (QED) is 0.805. The Kier molecular flexibility index (Phi) is 4.61. The second-order valence-electron chi connectivity index (χ2n) is 4.42. The maximum atomic E-state index is 12.4. The molecule has 0 fully saturated rings. The molecule has 0 spiro atoms. The Bertz CT molecular complexity index is 725. The number of nitrogens with zero attached hydrogens (tertiary/aromatic N) is 2. The monoisotopic (exact) mass is 311 g/mol. The lowest BCUT2D eigenvalue weighted by atomic mass is 10.2. The summed E-state index contributed by atoms with van der Waals surface area (Å²) in [5.41, 5.74) is 0.494. The van der Waals surface area contributed by atoms with Crippen molar-refractivity contribution in [2.45, 2.75) is 18.0 Å². The van der Waals surface area contributed by atoms with Crippen LogP contribution in [0.4, 0.5) is 0 Å². The Morgan fingerprint density at radius 2 is 2.19 bits per heavy atom. The SMILES string of the molecule is COc1ccc(CO)cc1S(=O)(=O)NCc1nccn1C. The fourth-order valence-corrected chi connectivity index (χ4v) is 3.03. The van der Waals surface area contributed by atoms with Crippen LogP contribution in [0.2, 0.25) is 0 Å². The van der Waals surface area contributed by atoms with Crippen molar-refractivity contribution in [2.75, 3.05) is 7.11 Å². The maximum Gasteiger partial charge on any atom is 0.244 e. The Labute approximate surface area is 123 Å². The molecule has 114 valence electrons. The summed E-state index contributed by atoms with van der Waals surface area (Å²) in [5.74, 6) is 0.815. The molecule has 0 aliphatic carbocycles. The van der Waals surface area contributed by atoms with Gasteiger partial charge in [0.05, 0.1) is 20.3 Å². The van der Waals surface area contributed by atoms with Gasteiger partial charge >= 0.3 is 0 Å². The van der Waals surface area contributed by atoms with Crippen molar-refractivity contribution in [3.63, 3.8) is 0 Å². The van der Waals surface area contributed by atoms with E-state index < -0.39 is 10.0 Å². The van der Waals surface area contributed by atoms with Gasteiger partial charge in [-0.05, 0) is 17.7 Å². The molecule has 0 radical (unpaired) electrons. The minimum atomic E-state index is -3.77. The zero-order valence-electron chi connectivity index (χ0n) is 11.8. The molecule has 1 heterocycles. The van der Waals surface area contributed by atoms with E-state index in [0.29, 0.717) is 11.4 Å². The van der Waals surface area contributed by atoms with Crippen molar-refractivity contribution in [3.8, 4) is 5.75 Å². The van der Waals surface area contributed by atoms with Crippen LogP contribution >= 0.6 is 0 Å². The Hall–Kier alpha value is -1.90. The van der Waals surface area contributed by atoms with Crippen molar-refractivity contribution < 1.29 is 18.3 Å². The predicted molar refractivity (Wildman–Crippen MR) is 76.2 cm³/mol. The zero-order chi connectivity index (χ0) is 15.5. The average molecular weight is 311 g/mol. The van der Waals surface area contributed by atoms with E-state index in [-0.39, 0.29) is 23.8 Å². The Morgan fingerprint density at radius 1 is 1.43 bits per heavy atom. The largest absolute Gasteiger partial charge is 0.495 e. The van der Waals surface area contributed by atoms with Crippen molar-refractivity contribution in [2.24, 2.45) is 7.05 Å². The van der Waals surface area contributed by atoms with Crippen LogP contribution in [0.5, 0.6) is 5.75 Å². The first-order valence-corrected chi connectivity index (χ1v) is 7.70. The van der Waals surface area contributed by atoms with Gasteiger partial charge in [0.15, 0.2) is 0 Å². The molecule has 0 aliphatic heterocycles. The number of aryl methyl sites for hydroxylation is 1. The molecule has 1 aromatic carbocycles. The molecule has 0 aliphatic rings. The molecule has 0 unspecified atom stereocenters. The third-order valence-electron chi connectivity index (χ3n) is 3.04. The molecule has 0 amide bonds. The van der Waals surface area contributed by atoms with Crippen LogP contribution in [-0.4, -0.2) is 30.2 Å². The van der Waals surface area contributed by atoms with E-state index in [1.165, 1.54) is 19.2 Å². The lowest BCUT2D eigenvalue weighted by Gasteiger charge is -2.12. The molecule has 7 nitrogen and oxygen atoms in total. The first-order chi connectivity index (χ1) is 9.97. The summed E-state index contributed by atoms with van der Waals surface area (Å²) < 4.78 is 34.0. The summed E-state index contributed by atoms with van der Waals surface area (Å²) in [4.78, 5) is 4.05. The standard InChI is InChI=1S/C13H17N3O4S/c1-16-6-5-14-13(16)8-15-21(18,19)12-7-10(9-17)3-4-11(12)20-2/h3-7,15,17H,8-9H2,1-2H3. The van der Waals surface area contributed by atoms with E-state index in [1.54, 1.807) is 30.1 Å². The number of imidazole rings is 1. The smallest absolute Gasteiger partial charge is 0.244 e. The van der Waals surface area contributed by atoms with E-state index in [1.807, 2.05) is 0 Å². The number of aliphatic hydroxyl groups excluding tert-OH is 1. The minimum Gasteiger partial charge on any atom is -0.495 e. The second kappa shape index (κ2) is 6.25.